The Morgan fingerprint density at radius 3 is 2.30 bits per heavy atom. The lowest BCUT2D eigenvalue weighted by Crippen LogP contribution is -3.00. The molecule has 0 bridgehead atoms. The molecule has 0 unspecified atom stereocenters. The van der Waals surface area contributed by atoms with E-state index in [1.165, 1.54) is 31.4 Å². The Kier molecular flexibility index (Phi) is 10.9. The van der Waals surface area contributed by atoms with Gasteiger partial charge in [-0.15, -0.1) is 0 Å². The number of halogens is 1. The number of unbranched alkanes of at least 4 members (excludes halogenated alkanes) is 3. The Balaban J connectivity index is 0.00000364. The van der Waals surface area contributed by atoms with Crippen molar-refractivity contribution in [2.45, 2.75) is 39.2 Å². The van der Waals surface area contributed by atoms with E-state index in [0.717, 1.165) is 12.1 Å². The number of methoxy groups -OCH3 is 3. The highest BCUT2D eigenvalue weighted by Crippen LogP contribution is 2.40. The summed E-state index contributed by atoms with van der Waals surface area (Å²) < 4.78 is 18.7. The van der Waals surface area contributed by atoms with E-state index >= 15 is 0 Å². The predicted octanol–water partition coefficient (Wildman–Crippen LogP) is 1.75. The van der Waals surface area contributed by atoms with Gasteiger partial charge in [-0.1, -0.05) is 19.8 Å². The monoisotopic (exact) mass is 483 g/mol. The van der Waals surface area contributed by atoms with Crippen molar-refractivity contribution in [3.63, 3.8) is 0 Å². The molecule has 0 saturated carbocycles. The first-order valence-corrected chi connectivity index (χ1v) is 9.20. The molecule has 0 fully saturated rings. The Hall–Kier alpha value is -1.76. The van der Waals surface area contributed by atoms with E-state index in [9.17, 15) is 0 Å². The number of nitrogens with zero attached hydrogens (tertiary/aromatic N) is 1. The lowest BCUT2D eigenvalue weighted by molar-refractivity contribution is -0.699. The molecule has 0 saturated heterocycles. The molecule has 1 heterocycles. The van der Waals surface area contributed by atoms with E-state index in [-0.39, 0.29) is 24.0 Å². The summed E-state index contributed by atoms with van der Waals surface area (Å²) in [5.74, 6) is 1.94. The van der Waals surface area contributed by atoms with E-state index in [4.69, 9.17) is 14.2 Å². The van der Waals surface area contributed by atoms with Gasteiger partial charge in [-0.2, -0.15) is 4.57 Å². The molecule has 1 aromatic heterocycles. The van der Waals surface area contributed by atoms with E-state index in [2.05, 4.69) is 48.0 Å². The van der Waals surface area contributed by atoms with Crippen molar-refractivity contribution in [2.24, 2.45) is 0 Å². The zero-order chi connectivity index (χ0) is 18.8. The summed E-state index contributed by atoms with van der Waals surface area (Å²) in [7, 11) is 4.89. The van der Waals surface area contributed by atoms with Gasteiger partial charge in [0.2, 0.25) is 11.4 Å². The molecule has 2 aromatic rings. The van der Waals surface area contributed by atoms with E-state index in [1.54, 1.807) is 21.3 Å². The van der Waals surface area contributed by atoms with Crippen molar-refractivity contribution in [3.05, 3.63) is 47.8 Å². The summed E-state index contributed by atoms with van der Waals surface area (Å²) >= 11 is 0. The summed E-state index contributed by atoms with van der Waals surface area (Å²) in [5.41, 5.74) is 2.12. The Morgan fingerprint density at radius 1 is 0.852 bits per heavy atom. The van der Waals surface area contributed by atoms with Gasteiger partial charge in [-0.05, 0) is 30.7 Å². The van der Waals surface area contributed by atoms with Gasteiger partial charge in [0, 0.05) is 30.2 Å². The fourth-order valence-electron chi connectivity index (χ4n) is 2.98. The topological polar surface area (TPSA) is 31.6 Å². The zero-order valence-electron chi connectivity index (χ0n) is 16.7. The fourth-order valence-corrected chi connectivity index (χ4v) is 2.98. The van der Waals surface area contributed by atoms with Crippen molar-refractivity contribution in [1.29, 1.82) is 0 Å². The van der Waals surface area contributed by atoms with Crippen LogP contribution in [-0.4, -0.2) is 21.3 Å². The smallest absolute Gasteiger partial charge is 0.205 e. The molecule has 0 amide bonds. The van der Waals surface area contributed by atoms with Gasteiger partial charge in [0.1, 0.15) is 6.54 Å². The molecule has 2 rings (SSSR count). The normalized spacial score (nSPS) is 10.5. The number of ether oxygens (including phenoxy) is 3. The summed E-state index contributed by atoms with van der Waals surface area (Å²) in [4.78, 5) is 0. The number of hydrogen-bond acceptors (Lipinski definition) is 3. The van der Waals surface area contributed by atoms with Gasteiger partial charge in [0.15, 0.2) is 17.7 Å². The van der Waals surface area contributed by atoms with Crippen LogP contribution in [0.1, 0.15) is 43.9 Å². The minimum absolute atomic E-state index is 0. The van der Waals surface area contributed by atoms with E-state index < -0.39 is 0 Å². The van der Waals surface area contributed by atoms with Crippen LogP contribution in [0.2, 0.25) is 0 Å². The number of aromatic nitrogens is 1. The van der Waals surface area contributed by atoms with Crippen LogP contribution in [0.3, 0.4) is 0 Å². The van der Waals surface area contributed by atoms with Crippen LogP contribution in [0.5, 0.6) is 17.2 Å². The van der Waals surface area contributed by atoms with Gasteiger partial charge < -0.3 is 38.2 Å². The summed E-state index contributed by atoms with van der Waals surface area (Å²) in [6.45, 7) is 3.27. The quantitative estimate of drug-likeness (QED) is 0.293. The van der Waals surface area contributed by atoms with Gasteiger partial charge in [0.05, 0.1) is 21.3 Å². The molecule has 0 radical (unpaired) electrons. The predicted molar refractivity (Wildman–Crippen MR) is 106 cm³/mol. The second-order valence-electron chi connectivity index (χ2n) is 6.14. The maximum atomic E-state index is 5.56. The van der Waals surface area contributed by atoms with Crippen molar-refractivity contribution in [1.82, 2.24) is 0 Å². The average molecular weight is 483 g/mol. The molecular formula is C22H30INO3. The lowest BCUT2D eigenvalue weighted by Gasteiger charge is -2.13. The van der Waals surface area contributed by atoms with Gasteiger partial charge in [-0.25, -0.2) is 0 Å². The first kappa shape index (κ1) is 23.3. The van der Waals surface area contributed by atoms with Crippen LogP contribution in [-0.2, 0) is 6.54 Å². The molecule has 1 aromatic carbocycles. The summed E-state index contributed by atoms with van der Waals surface area (Å²) in [6, 6.07) is 10.1. The largest absolute Gasteiger partial charge is 1.00 e. The highest BCUT2D eigenvalue weighted by Gasteiger charge is 2.14. The molecule has 0 N–H and O–H groups in total. The van der Waals surface area contributed by atoms with Crippen molar-refractivity contribution < 1.29 is 42.8 Å². The molecule has 27 heavy (non-hydrogen) atoms. The Labute approximate surface area is 180 Å². The second kappa shape index (κ2) is 12.6. The molecule has 4 nitrogen and oxygen atoms in total. The number of aryl methyl sites for hydroxylation is 1. The van der Waals surface area contributed by atoms with E-state index in [0.29, 0.717) is 17.2 Å². The Bertz CT molecular complexity index is 731. The molecule has 0 aliphatic rings. The van der Waals surface area contributed by atoms with Crippen LogP contribution < -0.4 is 42.8 Å². The molecule has 0 spiro atoms. The summed E-state index contributed by atoms with van der Waals surface area (Å²) in [5, 5.41) is 0. The zero-order valence-corrected chi connectivity index (χ0v) is 18.9. The maximum absolute atomic E-state index is 5.56. The van der Waals surface area contributed by atoms with Crippen LogP contribution in [0.15, 0.2) is 36.5 Å². The van der Waals surface area contributed by atoms with Crippen LogP contribution >= 0.6 is 0 Å². The van der Waals surface area contributed by atoms with Crippen molar-refractivity contribution in [3.8, 4) is 17.2 Å². The molecule has 5 heteroatoms. The minimum atomic E-state index is 0. The Morgan fingerprint density at radius 2 is 1.63 bits per heavy atom. The van der Waals surface area contributed by atoms with Crippen molar-refractivity contribution >= 4 is 12.2 Å². The van der Waals surface area contributed by atoms with Crippen LogP contribution in [0.4, 0.5) is 0 Å². The number of benzene rings is 1. The fraction of sp³-hybridized carbons (Fsp3) is 0.409. The SMILES string of the molecule is CCCCCC[n+]1ccccc1C=Cc1ccc(OC)c(OC)c1OC.[I-]. The highest BCUT2D eigenvalue weighted by molar-refractivity contribution is 5.74. The second-order valence-corrected chi connectivity index (χ2v) is 6.14. The molecule has 0 atom stereocenters. The number of hydrogen-bond donors (Lipinski definition) is 0. The molecule has 148 valence electrons. The minimum Gasteiger partial charge on any atom is -1.00 e. The van der Waals surface area contributed by atoms with Gasteiger partial charge in [0.25, 0.3) is 0 Å². The average Bonchev–Trinajstić information content (AvgIpc) is 2.69. The lowest BCUT2D eigenvalue weighted by atomic mass is 10.1. The van der Waals surface area contributed by atoms with E-state index in [1.807, 2.05) is 12.1 Å². The van der Waals surface area contributed by atoms with Crippen molar-refractivity contribution in [2.75, 3.05) is 21.3 Å². The third-order valence-corrected chi connectivity index (χ3v) is 4.40. The number of rotatable bonds is 10. The number of pyridine rings is 1. The van der Waals surface area contributed by atoms with Crippen LogP contribution in [0.25, 0.3) is 12.2 Å². The van der Waals surface area contributed by atoms with Gasteiger partial charge >= 0.3 is 0 Å². The molecule has 0 aliphatic carbocycles. The third-order valence-electron chi connectivity index (χ3n) is 4.40. The van der Waals surface area contributed by atoms with Gasteiger partial charge in [-0.3, -0.25) is 0 Å². The summed E-state index contributed by atoms with van der Waals surface area (Å²) in [6.07, 6.45) is 11.3. The first-order valence-electron chi connectivity index (χ1n) is 9.20. The third kappa shape index (κ3) is 6.41. The first-order chi connectivity index (χ1) is 12.7. The molecular weight excluding hydrogens is 453 g/mol. The highest BCUT2D eigenvalue weighted by atomic mass is 127. The van der Waals surface area contributed by atoms with Crippen LogP contribution in [0, 0.1) is 0 Å². The standard InChI is InChI=1S/C22H30NO3.HI/c1-5-6-7-9-16-23-17-10-8-11-19(23)14-12-18-13-15-20(24-2)22(26-4)21(18)25-3;/h8,10-15,17H,5-7,9,16H2,1-4H3;1H/q+1;/p-1. The molecule has 0 aliphatic heterocycles. The maximum Gasteiger partial charge on any atom is 0.205 e.